The Morgan fingerprint density at radius 1 is 0.968 bits per heavy atom. The Morgan fingerprint density at radius 3 is 2.48 bits per heavy atom. The summed E-state index contributed by atoms with van der Waals surface area (Å²) in [4.78, 5) is 16.7. The molecule has 0 saturated carbocycles. The van der Waals surface area contributed by atoms with Crippen LogP contribution in [0, 0.1) is 0 Å². The number of carbonyl (C=O) groups excluding carboxylic acids is 1. The molecule has 10 heteroatoms. The predicted molar refractivity (Wildman–Crippen MR) is 125 cm³/mol. The van der Waals surface area contributed by atoms with E-state index in [-0.39, 0.29) is 11.7 Å². The molecule has 4 rings (SSSR count). The first-order valence-electron chi connectivity index (χ1n) is 9.01. The first-order chi connectivity index (χ1) is 15.0. The topological polar surface area (TPSA) is 72.7 Å². The minimum atomic E-state index is -0.268. The molecule has 0 spiro atoms. The minimum absolute atomic E-state index is 0.0918. The lowest BCUT2D eigenvalue weighted by Crippen LogP contribution is -2.15. The number of carbonyl (C=O) groups is 1. The largest absolute Gasteiger partial charge is 0.324 e. The molecule has 1 amide bonds. The van der Waals surface area contributed by atoms with Crippen molar-refractivity contribution in [3.05, 3.63) is 82.1 Å². The second-order valence-electron chi connectivity index (χ2n) is 6.30. The van der Waals surface area contributed by atoms with Crippen LogP contribution in [0.1, 0.15) is 0 Å². The zero-order chi connectivity index (χ0) is 21.8. The maximum atomic E-state index is 12.5. The second-order valence-corrected chi connectivity index (χ2v) is 8.47. The van der Waals surface area contributed by atoms with Crippen LogP contribution in [0.5, 0.6) is 0 Å². The molecule has 2 heterocycles. The number of para-hydroxylation sites is 1. The Hall–Kier alpha value is -2.58. The summed E-state index contributed by atoms with van der Waals surface area (Å²) in [5.74, 6) is 0.458. The van der Waals surface area contributed by atoms with Gasteiger partial charge in [0.1, 0.15) is 0 Å². The third-order valence-corrected chi connectivity index (χ3v) is 6.15. The van der Waals surface area contributed by atoms with Crippen LogP contribution in [0.2, 0.25) is 15.1 Å². The molecule has 0 atom stereocenters. The van der Waals surface area contributed by atoms with Gasteiger partial charge >= 0.3 is 0 Å². The number of halogens is 3. The molecule has 0 bridgehead atoms. The zero-order valence-electron chi connectivity index (χ0n) is 15.8. The lowest BCUT2D eigenvalue weighted by Gasteiger charge is -2.11. The van der Waals surface area contributed by atoms with E-state index in [1.807, 2.05) is 47.0 Å². The highest BCUT2D eigenvalue weighted by Crippen LogP contribution is 2.33. The summed E-state index contributed by atoms with van der Waals surface area (Å²) in [5.41, 5.74) is 2.08. The van der Waals surface area contributed by atoms with E-state index < -0.39 is 0 Å². The van der Waals surface area contributed by atoms with Crippen molar-refractivity contribution in [2.24, 2.45) is 0 Å². The van der Waals surface area contributed by atoms with Gasteiger partial charge in [0.15, 0.2) is 11.0 Å². The first kappa shape index (κ1) is 21.6. The molecule has 0 fully saturated rings. The molecule has 0 saturated heterocycles. The highest BCUT2D eigenvalue weighted by molar-refractivity contribution is 7.99. The molecule has 6 nitrogen and oxygen atoms in total. The van der Waals surface area contributed by atoms with Gasteiger partial charge in [-0.05, 0) is 36.4 Å². The standard InChI is InChI=1S/C21H14Cl3N5OS/c22-15-9-17(24)18(10-16(15)23)26-19(30)12-31-21-28-27-20(13-5-4-8-25-11-13)29(21)14-6-2-1-3-7-14/h1-11H,12H2,(H,26,30). The number of amides is 1. The fourth-order valence-corrected chi connectivity index (χ4v) is 4.14. The number of hydrogen-bond donors (Lipinski definition) is 1. The molecule has 0 radical (unpaired) electrons. The van der Waals surface area contributed by atoms with E-state index in [2.05, 4.69) is 20.5 Å². The number of nitrogens with zero attached hydrogens (tertiary/aromatic N) is 4. The number of rotatable bonds is 6. The molecule has 156 valence electrons. The van der Waals surface area contributed by atoms with Crippen LogP contribution in [-0.4, -0.2) is 31.4 Å². The molecular formula is C21H14Cl3N5OS. The molecule has 2 aromatic carbocycles. The molecule has 0 unspecified atom stereocenters. The van der Waals surface area contributed by atoms with E-state index in [1.165, 1.54) is 23.9 Å². The van der Waals surface area contributed by atoms with Crippen molar-refractivity contribution in [3.8, 4) is 17.1 Å². The van der Waals surface area contributed by atoms with Crippen LogP contribution in [0.4, 0.5) is 5.69 Å². The average Bonchev–Trinajstić information content (AvgIpc) is 3.21. The second kappa shape index (κ2) is 9.70. The average molecular weight is 491 g/mol. The van der Waals surface area contributed by atoms with E-state index in [1.54, 1.807) is 12.4 Å². The van der Waals surface area contributed by atoms with Gasteiger partial charge < -0.3 is 5.32 Å². The van der Waals surface area contributed by atoms with Crippen molar-refractivity contribution in [1.29, 1.82) is 0 Å². The van der Waals surface area contributed by atoms with Crippen molar-refractivity contribution in [3.63, 3.8) is 0 Å². The van der Waals surface area contributed by atoms with Gasteiger partial charge in [-0.1, -0.05) is 64.8 Å². The number of aromatic nitrogens is 4. The molecule has 2 aromatic heterocycles. The fourth-order valence-electron chi connectivity index (χ4n) is 2.79. The van der Waals surface area contributed by atoms with Gasteiger partial charge in [-0.3, -0.25) is 14.3 Å². The van der Waals surface area contributed by atoms with E-state index in [0.29, 0.717) is 31.7 Å². The van der Waals surface area contributed by atoms with Crippen LogP contribution in [0.3, 0.4) is 0 Å². The Balaban J connectivity index is 1.57. The minimum Gasteiger partial charge on any atom is -0.324 e. The summed E-state index contributed by atoms with van der Waals surface area (Å²) < 4.78 is 1.89. The number of anilines is 1. The van der Waals surface area contributed by atoms with Crippen LogP contribution < -0.4 is 5.32 Å². The quantitative estimate of drug-likeness (QED) is 0.264. The summed E-state index contributed by atoms with van der Waals surface area (Å²) in [6.45, 7) is 0. The molecule has 1 N–H and O–H groups in total. The molecule has 0 aliphatic carbocycles. The number of thioether (sulfide) groups is 1. The van der Waals surface area contributed by atoms with Gasteiger partial charge in [0.2, 0.25) is 5.91 Å². The highest BCUT2D eigenvalue weighted by Gasteiger charge is 2.18. The number of benzene rings is 2. The predicted octanol–water partition coefficient (Wildman–Crippen LogP) is 6.02. The Bertz CT molecular complexity index is 1220. The van der Waals surface area contributed by atoms with Crippen LogP contribution in [-0.2, 0) is 4.79 Å². The SMILES string of the molecule is O=C(CSc1nnc(-c2cccnc2)n1-c1ccccc1)Nc1cc(Cl)c(Cl)cc1Cl. The summed E-state index contributed by atoms with van der Waals surface area (Å²) in [7, 11) is 0. The smallest absolute Gasteiger partial charge is 0.234 e. The van der Waals surface area contributed by atoms with Crippen molar-refractivity contribution in [2.75, 3.05) is 11.1 Å². The molecule has 31 heavy (non-hydrogen) atoms. The molecule has 0 aliphatic rings. The van der Waals surface area contributed by atoms with Gasteiger partial charge in [0.25, 0.3) is 0 Å². The number of hydrogen-bond acceptors (Lipinski definition) is 5. The van der Waals surface area contributed by atoms with Gasteiger partial charge in [0.05, 0.1) is 26.5 Å². The van der Waals surface area contributed by atoms with Gasteiger partial charge in [-0.25, -0.2) is 0 Å². The Labute approximate surface area is 197 Å². The fraction of sp³-hybridized carbons (Fsp3) is 0.0476. The summed E-state index contributed by atoms with van der Waals surface area (Å²) >= 11 is 19.3. The van der Waals surface area contributed by atoms with E-state index in [9.17, 15) is 4.79 Å². The van der Waals surface area contributed by atoms with E-state index in [4.69, 9.17) is 34.8 Å². The van der Waals surface area contributed by atoms with Crippen LogP contribution in [0.15, 0.2) is 72.1 Å². The van der Waals surface area contributed by atoms with Gasteiger partial charge in [0, 0.05) is 23.6 Å². The van der Waals surface area contributed by atoms with Crippen molar-refractivity contribution >= 4 is 58.2 Å². The first-order valence-corrected chi connectivity index (χ1v) is 11.1. The summed E-state index contributed by atoms with van der Waals surface area (Å²) in [6.07, 6.45) is 3.41. The van der Waals surface area contributed by atoms with Gasteiger partial charge in [-0.15, -0.1) is 10.2 Å². The summed E-state index contributed by atoms with van der Waals surface area (Å²) in [5, 5.41) is 12.9. The lowest BCUT2D eigenvalue weighted by atomic mass is 10.2. The van der Waals surface area contributed by atoms with Crippen molar-refractivity contribution < 1.29 is 4.79 Å². The van der Waals surface area contributed by atoms with E-state index >= 15 is 0 Å². The molecular weight excluding hydrogens is 477 g/mol. The zero-order valence-corrected chi connectivity index (χ0v) is 18.9. The molecule has 4 aromatic rings. The Morgan fingerprint density at radius 2 is 1.74 bits per heavy atom. The monoisotopic (exact) mass is 489 g/mol. The van der Waals surface area contributed by atoms with Gasteiger partial charge in [-0.2, -0.15) is 0 Å². The van der Waals surface area contributed by atoms with Crippen LogP contribution >= 0.6 is 46.6 Å². The lowest BCUT2D eigenvalue weighted by molar-refractivity contribution is -0.113. The number of pyridine rings is 1. The third-order valence-electron chi connectivity index (χ3n) is 4.18. The van der Waals surface area contributed by atoms with E-state index in [0.717, 1.165) is 11.3 Å². The maximum Gasteiger partial charge on any atom is 0.234 e. The molecule has 0 aliphatic heterocycles. The van der Waals surface area contributed by atoms with Crippen molar-refractivity contribution in [2.45, 2.75) is 5.16 Å². The summed E-state index contributed by atoms with van der Waals surface area (Å²) in [6, 6.07) is 16.4. The van der Waals surface area contributed by atoms with Crippen LogP contribution in [0.25, 0.3) is 17.1 Å². The number of nitrogens with one attached hydrogen (secondary N) is 1. The third kappa shape index (κ3) is 5.02. The Kier molecular flexibility index (Phi) is 6.77. The van der Waals surface area contributed by atoms with Crippen molar-refractivity contribution in [1.82, 2.24) is 19.7 Å². The normalized spacial score (nSPS) is 10.8. The maximum absolute atomic E-state index is 12.5. The highest BCUT2D eigenvalue weighted by atomic mass is 35.5.